The molecule has 0 fully saturated rings. The Hall–Kier alpha value is -2.48. The quantitative estimate of drug-likeness (QED) is 0.846. The Bertz CT molecular complexity index is 675. The fourth-order valence-electron chi connectivity index (χ4n) is 2.26. The van der Waals surface area contributed by atoms with Gasteiger partial charge < -0.3 is 14.2 Å². The van der Waals surface area contributed by atoms with Crippen molar-refractivity contribution >= 4 is 10.8 Å². The molecule has 0 unspecified atom stereocenters. The van der Waals surface area contributed by atoms with E-state index < -0.39 is 0 Å². The van der Waals surface area contributed by atoms with Crippen LogP contribution in [0.15, 0.2) is 12.3 Å². The van der Waals surface area contributed by atoms with E-state index >= 15 is 0 Å². The molecule has 2 rings (SSSR count). The number of pyridine rings is 1. The molecule has 5 nitrogen and oxygen atoms in total. The van der Waals surface area contributed by atoms with Crippen LogP contribution in [-0.2, 0) is 0 Å². The molecule has 0 aliphatic carbocycles. The largest absolute Gasteiger partial charge is 0.496 e. The minimum absolute atomic E-state index is 0.283. The van der Waals surface area contributed by atoms with E-state index in [1.807, 2.05) is 6.92 Å². The van der Waals surface area contributed by atoms with E-state index in [0.717, 1.165) is 10.9 Å². The van der Waals surface area contributed by atoms with Gasteiger partial charge in [-0.2, -0.15) is 5.26 Å². The van der Waals surface area contributed by atoms with E-state index in [-0.39, 0.29) is 5.69 Å². The highest BCUT2D eigenvalue weighted by Crippen LogP contribution is 2.45. The zero-order valence-corrected chi connectivity index (χ0v) is 11.3. The van der Waals surface area contributed by atoms with E-state index in [2.05, 4.69) is 11.1 Å². The highest BCUT2D eigenvalue weighted by atomic mass is 16.5. The maximum Gasteiger partial charge on any atom is 0.172 e. The summed E-state index contributed by atoms with van der Waals surface area (Å²) in [6.07, 6.45) is 1.58. The van der Waals surface area contributed by atoms with Crippen molar-refractivity contribution < 1.29 is 14.2 Å². The lowest BCUT2D eigenvalue weighted by Gasteiger charge is -2.17. The summed E-state index contributed by atoms with van der Waals surface area (Å²) < 4.78 is 16.2. The first kappa shape index (κ1) is 13.0. The third-order valence-electron chi connectivity index (χ3n) is 3.03. The number of rotatable bonds is 3. The first-order valence-corrected chi connectivity index (χ1v) is 5.66. The second-order valence-corrected chi connectivity index (χ2v) is 3.92. The third-order valence-corrected chi connectivity index (χ3v) is 3.03. The Balaban J connectivity index is 3.06. The van der Waals surface area contributed by atoms with E-state index in [9.17, 15) is 5.26 Å². The number of nitriles is 1. The van der Waals surface area contributed by atoms with Crippen molar-refractivity contribution in [3.63, 3.8) is 0 Å². The lowest BCUT2D eigenvalue weighted by molar-refractivity contribution is 0.350. The fourth-order valence-corrected chi connectivity index (χ4v) is 2.26. The summed E-state index contributed by atoms with van der Waals surface area (Å²) in [6, 6.07) is 3.86. The van der Waals surface area contributed by atoms with Crippen molar-refractivity contribution in [1.82, 2.24) is 4.98 Å². The van der Waals surface area contributed by atoms with Gasteiger partial charge in [-0.3, -0.25) is 0 Å². The predicted molar refractivity (Wildman–Crippen MR) is 70.9 cm³/mol. The van der Waals surface area contributed by atoms with Crippen LogP contribution in [0.2, 0.25) is 0 Å². The van der Waals surface area contributed by atoms with Gasteiger partial charge in [-0.05, 0) is 13.0 Å². The summed E-state index contributed by atoms with van der Waals surface area (Å²) in [5.74, 6) is 1.71. The third kappa shape index (κ3) is 1.82. The van der Waals surface area contributed by atoms with Gasteiger partial charge in [0.05, 0.1) is 26.7 Å². The highest BCUT2D eigenvalue weighted by Gasteiger charge is 2.21. The van der Waals surface area contributed by atoms with Gasteiger partial charge in [-0.25, -0.2) is 4.98 Å². The van der Waals surface area contributed by atoms with Crippen LogP contribution in [0.25, 0.3) is 10.8 Å². The van der Waals surface area contributed by atoms with Crippen LogP contribution in [0.5, 0.6) is 17.2 Å². The molecule has 0 aliphatic rings. The molecule has 0 saturated heterocycles. The smallest absolute Gasteiger partial charge is 0.172 e. The molecular weight excluding hydrogens is 244 g/mol. The summed E-state index contributed by atoms with van der Waals surface area (Å²) >= 11 is 0. The topological polar surface area (TPSA) is 64.4 Å². The molecule has 5 heteroatoms. The molecule has 0 amide bonds. The molecule has 0 radical (unpaired) electrons. The Kier molecular flexibility index (Phi) is 3.43. The zero-order chi connectivity index (χ0) is 14.0. The zero-order valence-electron chi connectivity index (χ0n) is 11.3. The summed E-state index contributed by atoms with van der Waals surface area (Å²) in [5.41, 5.74) is 1.11. The Labute approximate surface area is 111 Å². The highest BCUT2D eigenvalue weighted by molar-refractivity contribution is 5.99. The van der Waals surface area contributed by atoms with E-state index in [4.69, 9.17) is 14.2 Å². The van der Waals surface area contributed by atoms with Gasteiger partial charge in [-0.15, -0.1) is 0 Å². The first-order chi connectivity index (χ1) is 9.19. The number of benzene rings is 1. The van der Waals surface area contributed by atoms with Crippen molar-refractivity contribution in [2.45, 2.75) is 6.92 Å². The van der Waals surface area contributed by atoms with Gasteiger partial charge in [0, 0.05) is 17.1 Å². The van der Waals surface area contributed by atoms with Crippen LogP contribution in [0, 0.1) is 18.3 Å². The predicted octanol–water partition coefficient (Wildman–Crippen LogP) is 2.44. The van der Waals surface area contributed by atoms with Crippen LogP contribution in [0.4, 0.5) is 0 Å². The second kappa shape index (κ2) is 5.02. The van der Waals surface area contributed by atoms with Crippen molar-refractivity contribution in [2.24, 2.45) is 0 Å². The number of hydrogen-bond donors (Lipinski definition) is 0. The van der Waals surface area contributed by atoms with E-state index in [1.54, 1.807) is 26.5 Å². The molecule has 19 heavy (non-hydrogen) atoms. The molecule has 98 valence electrons. The molecule has 2 aromatic rings. The van der Waals surface area contributed by atoms with Crippen molar-refractivity contribution in [2.75, 3.05) is 21.3 Å². The number of methoxy groups -OCH3 is 3. The molecule has 1 aromatic heterocycles. The maximum absolute atomic E-state index is 9.20. The lowest BCUT2D eigenvalue weighted by Crippen LogP contribution is -2.00. The molecule has 0 spiro atoms. The summed E-state index contributed by atoms with van der Waals surface area (Å²) in [5, 5.41) is 10.6. The first-order valence-electron chi connectivity index (χ1n) is 5.66. The Morgan fingerprint density at radius 3 is 2.21 bits per heavy atom. The minimum atomic E-state index is 0.283. The van der Waals surface area contributed by atoms with Crippen molar-refractivity contribution in [3.05, 3.63) is 23.5 Å². The maximum atomic E-state index is 9.20. The Morgan fingerprint density at radius 1 is 1.05 bits per heavy atom. The van der Waals surface area contributed by atoms with Crippen LogP contribution >= 0.6 is 0 Å². The van der Waals surface area contributed by atoms with E-state index in [1.165, 1.54) is 7.11 Å². The SMILES string of the molecule is COc1c(C)c(OC)c2ccnc(C#N)c2c1OC. The average molecular weight is 258 g/mol. The second-order valence-electron chi connectivity index (χ2n) is 3.92. The number of ether oxygens (including phenoxy) is 3. The molecule has 0 atom stereocenters. The minimum Gasteiger partial charge on any atom is -0.496 e. The number of nitrogens with zero attached hydrogens (tertiary/aromatic N) is 2. The molecule has 1 heterocycles. The van der Waals surface area contributed by atoms with E-state index in [0.29, 0.717) is 22.6 Å². The monoisotopic (exact) mass is 258 g/mol. The molecule has 1 aromatic carbocycles. The normalized spacial score (nSPS) is 10.1. The molecule has 0 N–H and O–H groups in total. The van der Waals surface area contributed by atoms with Crippen molar-refractivity contribution in [1.29, 1.82) is 5.26 Å². The van der Waals surface area contributed by atoms with Crippen LogP contribution in [-0.4, -0.2) is 26.3 Å². The van der Waals surface area contributed by atoms with Gasteiger partial charge in [0.15, 0.2) is 17.2 Å². The van der Waals surface area contributed by atoms with Gasteiger partial charge >= 0.3 is 0 Å². The standard InChI is InChI=1S/C14H14N2O3/c1-8-12(17-2)9-5-6-16-10(7-15)11(9)14(19-4)13(8)18-3/h5-6H,1-4H3. The summed E-state index contributed by atoms with van der Waals surface area (Å²) in [6.45, 7) is 1.88. The molecule has 0 aliphatic heterocycles. The van der Waals surface area contributed by atoms with Gasteiger partial charge in [0.2, 0.25) is 0 Å². The average Bonchev–Trinajstić information content (AvgIpc) is 2.45. The number of fused-ring (bicyclic) bond motifs is 1. The van der Waals surface area contributed by atoms with Gasteiger partial charge in [0.25, 0.3) is 0 Å². The number of aromatic nitrogens is 1. The fraction of sp³-hybridized carbons (Fsp3) is 0.286. The van der Waals surface area contributed by atoms with Crippen LogP contribution < -0.4 is 14.2 Å². The summed E-state index contributed by atoms with van der Waals surface area (Å²) in [4.78, 5) is 4.06. The van der Waals surface area contributed by atoms with Crippen LogP contribution in [0.3, 0.4) is 0 Å². The van der Waals surface area contributed by atoms with Gasteiger partial charge in [0.1, 0.15) is 11.8 Å². The molecular formula is C14H14N2O3. The summed E-state index contributed by atoms with van der Waals surface area (Å²) in [7, 11) is 4.68. The number of hydrogen-bond acceptors (Lipinski definition) is 5. The van der Waals surface area contributed by atoms with Crippen LogP contribution in [0.1, 0.15) is 11.3 Å². The molecule has 0 saturated carbocycles. The lowest BCUT2D eigenvalue weighted by atomic mass is 10.0. The van der Waals surface area contributed by atoms with Crippen molar-refractivity contribution in [3.8, 4) is 23.3 Å². The molecule has 0 bridgehead atoms. The van der Waals surface area contributed by atoms with Gasteiger partial charge in [-0.1, -0.05) is 0 Å². The Morgan fingerprint density at radius 2 is 1.68 bits per heavy atom.